The van der Waals surface area contributed by atoms with Gasteiger partial charge in [-0.05, 0) is 63.8 Å². The molecule has 0 aliphatic carbocycles. The fraction of sp³-hybridized carbons (Fsp3) is 0.500. The quantitative estimate of drug-likeness (QED) is 0.386. The van der Waals surface area contributed by atoms with E-state index in [0.717, 1.165) is 29.6 Å². The minimum Gasteiger partial charge on any atom is -0.382 e. The maximum Gasteiger partial charge on any atom is 0.254 e. The third-order valence-corrected chi connectivity index (χ3v) is 7.84. The molecule has 1 atom stereocenters. The van der Waals surface area contributed by atoms with Gasteiger partial charge in [-0.3, -0.25) is 9.69 Å². The summed E-state index contributed by atoms with van der Waals surface area (Å²) in [4.78, 5) is 33.0. The van der Waals surface area contributed by atoms with Gasteiger partial charge in [-0.2, -0.15) is 0 Å². The van der Waals surface area contributed by atoms with Gasteiger partial charge in [-0.1, -0.05) is 19.9 Å². The first kappa shape index (κ1) is 27.9. The first-order valence-corrected chi connectivity index (χ1v) is 13.5. The molecule has 3 aromatic rings. The van der Waals surface area contributed by atoms with E-state index in [1.165, 1.54) is 12.1 Å². The van der Waals surface area contributed by atoms with Crippen molar-refractivity contribution in [1.82, 2.24) is 19.2 Å². The molecular formula is C30H39FN4O3. The molecule has 4 rings (SSSR count). The first-order chi connectivity index (χ1) is 18.0. The molecule has 2 aromatic heterocycles. The molecule has 7 nitrogen and oxygen atoms in total. The lowest BCUT2D eigenvalue weighted by Crippen LogP contribution is -2.63. The van der Waals surface area contributed by atoms with E-state index < -0.39 is 11.4 Å². The van der Waals surface area contributed by atoms with Gasteiger partial charge in [0.1, 0.15) is 23.5 Å². The predicted molar refractivity (Wildman–Crippen MR) is 147 cm³/mol. The Labute approximate surface area is 224 Å². The van der Waals surface area contributed by atoms with Crippen molar-refractivity contribution in [2.24, 2.45) is 5.92 Å². The standard InChI is InChI=1S/C30H39FN4O3/c1-7-34(20(4)5)29(37)26-14-23(31)10-11-24(26)25-13-22(16-35-21(6)32-15-28(25)35)30(38)17-33(18-30)27(19(2)3)9-8-12-36/h10-16,19-20,27,38H,7-9,17-18H2,1-6H3/t27-/m0/s1. The van der Waals surface area contributed by atoms with Crippen molar-refractivity contribution in [3.63, 3.8) is 0 Å². The summed E-state index contributed by atoms with van der Waals surface area (Å²) in [6.07, 6.45) is 5.86. The lowest BCUT2D eigenvalue weighted by Gasteiger charge is -2.51. The van der Waals surface area contributed by atoms with Gasteiger partial charge in [-0.15, -0.1) is 0 Å². The van der Waals surface area contributed by atoms with Crippen molar-refractivity contribution in [2.75, 3.05) is 19.6 Å². The van der Waals surface area contributed by atoms with E-state index in [-0.39, 0.29) is 23.6 Å². The van der Waals surface area contributed by atoms with Crippen molar-refractivity contribution in [1.29, 1.82) is 0 Å². The van der Waals surface area contributed by atoms with Gasteiger partial charge in [0, 0.05) is 55.5 Å². The van der Waals surface area contributed by atoms with E-state index in [1.807, 2.05) is 44.4 Å². The number of hydrogen-bond acceptors (Lipinski definition) is 5. The van der Waals surface area contributed by atoms with Gasteiger partial charge < -0.3 is 19.2 Å². The van der Waals surface area contributed by atoms with Crippen molar-refractivity contribution in [2.45, 2.75) is 72.1 Å². The number of imidazole rings is 1. The Hall–Kier alpha value is -3.10. The number of hydrogen-bond donors (Lipinski definition) is 1. The van der Waals surface area contributed by atoms with E-state index in [4.69, 9.17) is 0 Å². The SMILES string of the molecule is CCN(C(=O)c1cc(F)ccc1-c1cc(C2(O)CN([C@@H](CCC=O)C(C)C)C2)cn2c(C)ncc12)C(C)C. The molecule has 1 aliphatic heterocycles. The molecule has 0 spiro atoms. The summed E-state index contributed by atoms with van der Waals surface area (Å²) in [5.41, 5.74) is 2.02. The summed E-state index contributed by atoms with van der Waals surface area (Å²) in [6.45, 7) is 13.3. The summed E-state index contributed by atoms with van der Waals surface area (Å²) in [5, 5.41) is 11.7. The minimum absolute atomic E-state index is 0.0398. The molecule has 38 heavy (non-hydrogen) atoms. The molecule has 1 aliphatic rings. The Morgan fingerprint density at radius 1 is 1.21 bits per heavy atom. The smallest absolute Gasteiger partial charge is 0.254 e. The molecule has 1 fully saturated rings. The van der Waals surface area contributed by atoms with E-state index in [0.29, 0.717) is 43.1 Å². The van der Waals surface area contributed by atoms with E-state index in [2.05, 4.69) is 23.7 Å². The van der Waals surface area contributed by atoms with Crippen LogP contribution >= 0.6 is 0 Å². The zero-order valence-corrected chi connectivity index (χ0v) is 23.2. The Bertz CT molecular complexity index is 1330. The molecule has 3 heterocycles. The maximum absolute atomic E-state index is 14.5. The summed E-state index contributed by atoms with van der Waals surface area (Å²) in [7, 11) is 0. The van der Waals surface area contributed by atoms with Crippen LogP contribution in [-0.4, -0.2) is 68.2 Å². The summed E-state index contributed by atoms with van der Waals surface area (Å²) in [5.74, 6) is 0.391. The van der Waals surface area contributed by atoms with Crippen molar-refractivity contribution in [3.8, 4) is 11.1 Å². The lowest BCUT2D eigenvalue weighted by atomic mass is 9.82. The van der Waals surface area contributed by atoms with Gasteiger partial charge in [-0.25, -0.2) is 9.37 Å². The number of carbonyl (C=O) groups is 2. The number of nitrogens with zero attached hydrogens (tertiary/aromatic N) is 4. The second-order valence-corrected chi connectivity index (χ2v) is 11.1. The van der Waals surface area contributed by atoms with Gasteiger partial charge >= 0.3 is 0 Å². The van der Waals surface area contributed by atoms with Gasteiger partial charge in [0.05, 0.1) is 17.3 Å². The zero-order valence-electron chi connectivity index (χ0n) is 23.2. The number of β-amino-alcohol motifs (C(OH)–C–C–N with tert-alkyl or cyclic N) is 1. The van der Waals surface area contributed by atoms with Gasteiger partial charge in [0.15, 0.2) is 0 Å². The van der Waals surface area contributed by atoms with Crippen LogP contribution in [0.5, 0.6) is 0 Å². The number of aryl methyl sites for hydroxylation is 1. The molecule has 204 valence electrons. The fourth-order valence-corrected chi connectivity index (χ4v) is 5.74. The third-order valence-electron chi connectivity index (χ3n) is 7.84. The molecule has 1 aromatic carbocycles. The number of fused-ring (bicyclic) bond motifs is 1. The monoisotopic (exact) mass is 522 g/mol. The van der Waals surface area contributed by atoms with Crippen LogP contribution in [0.15, 0.2) is 36.7 Å². The molecule has 0 saturated carbocycles. The molecular weight excluding hydrogens is 483 g/mol. The number of rotatable bonds is 10. The van der Waals surface area contributed by atoms with E-state index >= 15 is 0 Å². The second-order valence-electron chi connectivity index (χ2n) is 11.1. The van der Waals surface area contributed by atoms with Gasteiger partial charge in [0.25, 0.3) is 5.91 Å². The number of carbonyl (C=O) groups excluding carboxylic acids is 2. The third kappa shape index (κ3) is 5.12. The van der Waals surface area contributed by atoms with Crippen molar-refractivity contribution >= 4 is 17.7 Å². The number of aromatic nitrogens is 2. The average molecular weight is 523 g/mol. The van der Waals surface area contributed by atoms with E-state index in [9.17, 15) is 19.1 Å². The van der Waals surface area contributed by atoms with Crippen LogP contribution < -0.4 is 0 Å². The number of aliphatic hydroxyl groups is 1. The number of amides is 1. The second kappa shape index (κ2) is 10.9. The van der Waals surface area contributed by atoms with Crippen LogP contribution in [0.3, 0.4) is 0 Å². The summed E-state index contributed by atoms with van der Waals surface area (Å²) >= 11 is 0. The highest BCUT2D eigenvalue weighted by Crippen LogP contribution is 2.39. The largest absolute Gasteiger partial charge is 0.382 e. The fourth-order valence-electron chi connectivity index (χ4n) is 5.74. The van der Waals surface area contributed by atoms with Crippen LogP contribution in [0.25, 0.3) is 16.6 Å². The Morgan fingerprint density at radius 3 is 2.53 bits per heavy atom. The average Bonchev–Trinajstić information content (AvgIpc) is 3.23. The van der Waals surface area contributed by atoms with Gasteiger partial charge in [0.2, 0.25) is 0 Å². The predicted octanol–water partition coefficient (Wildman–Crippen LogP) is 4.83. The van der Waals surface area contributed by atoms with E-state index in [1.54, 1.807) is 17.2 Å². The molecule has 0 radical (unpaired) electrons. The van der Waals surface area contributed by atoms with Crippen LogP contribution in [-0.2, 0) is 10.4 Å². The lowest BCUT2D eigenvalue weighted by molar-refractivity contribution is -0.130. The Morgan fingerprint density at radius 2 is 1.92 bits per heavy atom. The number of halogens is 1. The Kier molecular flexibility index (Phi) is 8.04. The molecule has 1 saturated heterocycles. The first-order valence-electron chi connectivity index (χ1n) is 13.5. The van der Waals surface area contributed by atoms with Crippen LogP contribution in [0.2, 0.25) is 0 Å². The summed E-state index contributed by atoms with van der Waals surface area (Å²) < 4.78 is 16.4. The molecule has 0 unspecified atom stereocenters. The van der Waals surface area contributed by atoms with Crippen molar-refractivity contribution < 1.29 is 19.1 Å². The van der Waals surface area contributed by atoms with Crippen LogP contribution in [0.1, 0.15) is 69.2 Å². The highest BCUT2D eigenvalue weighted by atomic mass is 19.1. The maximum atomic E-state index is 14.5. The number of aldehydes is 1. The molecule has 0 bridgehead atoms. The minimum atomic E-state index is -1.09. The number of pyridine rings is 1. The van der Waals surface area contributed by atoms with Crippen LogP contribution in [0.4, 0.5) is 4.39 Å². The zero-order chi connectivity index (χ0) is 27.8. The Balaban J connectivity index is 1.80. The molecule has 1 amide bonds. The van der Waals surface area contributed by atoms with Crippen molar-refractivity contribution in [3.05, 3.63) is 59.4 Å². The highest BCUT2D eigenvalue weighted by Gasteiger charge is 2.46. The molecule has 8 heteroatoms. The summed E-state index contributed by atoms with van der Waals surface area (Å²) in [6, 6.07) is 6.39. The number of benzene rings is 1. The highest BCUT2D eigenvalue weighted by molar-refractivity contribution is 6.03. The number of likely N-dealkylation sites (tertiary alicyclic amines) is 1. The normalized spacial score (nSPS) is 16.2. The topological polar surface area (TPSA) is 78.2 Å². The molecule has 1 N–H and O–H groups in total. The van der Waals surface area contributed by atoms with Crippen LogP contribution in [0, 0.1) is 18.7 Å².